The van der Waals surface area contributed by atoms with Crippen LogP contribution < -0.4 is 16.7 Å². The van der Waals surface area contributed by atoms with Crippen LogP contribution in [0.15, 0.2) is 41.2 Å². The highest BCUT2D eigenvalue weighted by Gasteiger charge is 2.11. The van der Waals surface area contributed by atoms with E-state index in [2.05, 4.69) is 15.3 Å². The second-order valence-corrected chi connectivity index (χ2v) is 4.53. The maximum absolute atomic E-state index is 13.2. The van der Waals surface area contributed by atoms with Crippen molar-refractivity contribution in [3.8, 4) is 0 Å². The van der Waals surface area contributed by atoms with Gasteiger partial charge in [0.2, 0.25) is 0 Å². The molecule has 0 unspecified atom stereocenters. The van der Waals surface area contributed by atoms with Crippen LogP contribution in [0.4, 0.5) is 15.8 Å². The number of amides is 1. The van der Waals surface area contributed by atoms with Crippen molar-refractivity contribution in [2.45, 2.75) is 0 Å². The van der Waals surface area contributed by atoms with Crippen molar-refractivity contribution in [1.29, 1.82) is 0 Å². The summed E-state index contributed by atoms with van der Waals surface area (Å²) in [6.45, 7) is 0. The number of rotatable bonds is 2. The fraction of sp³-hybridized carbons (Fsp3) is 0. The summed E-state index contributed by atoms with van der Waals surface area (Å²) in [5, 5.41) is 2.61. The second-order valence-electron chi connectivity index (χ2n) is 4.53. The molecule has 3 rings (SSSR count). The number of carbonyl (C=O) groups excluding carboxylic acids is 1. The predicted octanol–water partition coefficient (Wildman–Crippen LogP) is 1.83. The molecule has 21 heavy (non-hydrogen) atoms. The molecule has 1 aromatic heterocycles. The van der Waals surface area contributed by atoms with Gasteiger partial charge in [0.1, 0.15) is 5.82 Å². The smallest absolute Gasteiger partial charge is 0.323 e. The van der Waals surface area contributed by atoms with Crippen LogP contribution in [0.5, 0.6) is 0 Å². The SMILES string of the molecule is Nc1ccc(F)cc1C(=O)Nc1ccc2[nH]c(=O)[nH]c2c1. The molecular formula is C14H11FN4O2. The van der Waals surface area contributed by atoms with E-state index in [0.29, 0.717) is 16.7 Å². The largest absolute Gasteiger partial charge is 0.398 e. The van der Waals surface area contributed by atoms with E-state index in [1.165, 1.54) is 12.1 Å². The van der Waals surface area contributed by atoms with Crippen molar-refractivity contribution >= 4 is 28.3 Å². The van der Waals surface area contributed by atoms with Gasteiger partial charge < -0.3 is 21.0 Å². The third-order valence-electron chi connectivity index (χ3n) is 3.03. The van der Waals surface area contributed by atoms with Gasteiger partial charge in [-0.25, -0.2) is 9.18 Å². The molecular weight excluding hydrogens is 275 g/mol. The molecule has 2 aromatic carbocycles. The molecule has 5 N–H and O–H groups in total. The zero-order valence-corrected chi connectivity index (χ0v) is 10.7. The molecule has 3 aromatic rings. The van der Waals surface area contributed by atoms with E-state index < -0.39 is 11.7 Å². The fourth-order valence-corrected chi connectivity index (χ4v) is 2.03. The molecule has 1 heterocycles. The summed E-state index contributed by atoms with van der Waals surface area (Å²) in [5.41, 5.74) is 7.22. The highest BCUT2D eigenvalue weighted by molar-refractivity contribution is 6.08. The minimum Gasteiger partial charge on any atom is -0.398 e. The summed E-state index contributed by atoms with van der Waals surface area (Å²) >= 11 is 0. The number of hydrogen-bond donors (Lipinski definition) is 4. The summed E-state index contributed by atoms with van der Waals surface area (Å²) in [4.78, 5) is 28.4. The van der Waals surface area contributed by atoms with Crippen LogP contribution in [-0.4, -0.2) is 15.9 Å². The lowest BCUT2D eigenvalue weighted by molar-refractivity contribution is 0.102. The lowest BCUT2D eigenvalue weighted by atomic mass is 10.1. The Kier molecular flexibility index (Phi) is 2.94. The van der Waals surface area contributed by atoms with E-state index in [1.807, 2.05) is 0 Å². The summed E-state index contributed by atoms with van der Waals surface area (Å²) < 4.78 is 13.2. The van der Waals surface area contributed by atoms with Gasteiger partial charge in [0.05, 0.1) is 16.6 Å². The summed E-state index contributed by atoms with van der Waals surface area (Å²) in [7, 11) is 0. The minimum atomic E-state index is -0.542. The molecule has 0 spiro atoms. The number of carbonyl (C=O) groups is 1. The van der Waals surface area contributed by atoms with E-state index in [0.717, 1.165) is 6.07 Å². The zero-order valence-electron chi connectivity index (χ0n) is 10.7. The van der Waals surface area contributed by atoms with Crippen molar-refractivity contribution in [1.82, 2.24) is 9.97 Å². The lowest BCUT2D eigenvalue weighted by Gasteiger charge is -2.07. The first-order valence-electron chi connectivity index (χ1n) is 6.11. The van der Waals surface area contributed by atoms with E-state index >= 15 is 0 Å². The first-order valence-corrected chi connectivity index (χ1v) is 6.11. The number of fused-ring (bicyclic) bond motifs is 1. The maximum Gasteiger partial charge on any atom is 0.323 e. The van der Waals surface area contributed by atoms with E-state index in [1.54, 1.807) is 18.2 Å². The Bertz CT molecular complexity index is 897. The second kappa shape index (κ2) is 4.78. The number of nitrogens with two attached hydrogens (primary N) is 1. The van der Waals surface area contributed by atoms with Gasteiger partial charge in [-0.15, -0.1) is 0 Å². The number of anilines is 2. The van der Waals surface area contributed by atoms with Gasteiger partial charge in [-0.2, -0.15) is 0 Å². The van der Waals surface area contributed by atoms with Gasteiger partial charge in [-0.05, 0) is 36.4 Å². The van der Waals surface area contributed by atoms with Gasteiger partial charge >= 0.3 is 5.69 Å². The molecule has 0 saturated carbocycles. The summed E-state index contributed by atoms with van der Waals surface area (Å²) in [5.74, 6) is -1.07. The topological polar surface area (TPSA) is 104 Å². The molecule has 0 aliphatic rings. The minimum absolute atomic E-state index is 0.0534. The monoisotopic (exact) mass is 286 g/mol. The fourth-order valence-electron chi connectivity index (χ4n) is 2.03. The number of benzene rings is 2. The van der Waals surface area contributed by atoms with Crippen molar-refractivity contribution in [3.63, 3.8) is 0 Å². The van der Waals surface area contributed by atoms with Crippen molar-refractivity contribution < 1.29 is 9.18 Å². The molecule has 0 bridgehead atoms. The highest BCUT2D eigenvalue weighted by Crippen LogP contribution is 2.18. The standard InChI is InChI=1S/C14H11FN4O2/c15-7-1-3-10(16)9(5-7)13(20)17-8-2-4-11-12(6-8)19-14(21)18-11/h1-6H,16H2,(H,17,20)(H2,18,19,21). The number of halogens is 1. The molecule has 0 saturated heterocycles. The summed E-state index contributed by atoms with van der Waals surface area (Å²) in [6, 6.07) is 8.46. The normalized spacial score (nSPS) is 10.7. The Morgan fingerprint density at radius 1 is 1.10 bits per heavy atom. The molecule has 0 atom stereocenters. The van der Waals surface area contributed by atoms with Gasteiger partial charge in [-0.3, -0.25) is 4.79 Å². The van der Waals surface area contributed by atoms with Gasteiger partial charge in [0.15, 0.2) is 0 Å². The number of nitrogens with one attached hydrogen (secondary N) is 3. The van der Waals surface area contributed by atoms with Crippen molar-refractivity contribution in [2.75, 3.05) is 11.1 Å². The quantitative estimate of drug-likeness (QED) is 0.540. The number of aromatic amines is 2. The maximum atomic E-state index is 13.2. The Morgan fingerprint density at radius 3 is 2.67 bits per heavy atom. The number of nitrogen functional groups attached to an aromatic ring is 1. The zero-order chi connectivity index (χ0) is 15.0. The van der Waals surface area contributed by atoms with Crippen LogP contribution in [0, 0.1) is 5.82 Å². The molecule has 0 aliphatic carbocycles. The van der Waals surface area contributed by atoms with Gasteiger partial charge in [0, 0.05) is 11.4 Å². The van der Waals surface area contributed by atoms with Gasteiger partial charge in [-0.1, -0.05) is 0 Å². The van der Waals surface area contributed by atoms with Crippen LogP contribution in [-0.2, 0) is 0 Å². The third kappa shape index (κ3) is 2.48. The van der Waals surface area contributed by atoms with Crippen LogP contribution in [0.2, 0.25) is 0 Å². The number of imidazole rings is 1. The number of H-pyrrole nitrogens is 2. The van der Waals surface area contributed by atoms with Gasteiger partial charge in [0.25, 0.3) is 5.91 Å². The van der Waals surface area contributed by atoms with Crippen molar-refractivity contribution in [2.24, 2.45) is 0 Å². The lowest BCUT2D eigenvalue weighted by Crippen LogP contribution is -2.14. The molecule has 7 heteroatoms. The molecule has 0 fully saturated rings. The Morgan fingerprint density at radius 2 is 1.86 bits per heavy atom. The first kappa shape index (κ1) is 12.9. The van der Waals surface area contributed by atoms with Crippen molar-refractivity contribution in [3.05, 3.63) is 58.3 Å². The van der Waals surface area contributed by atoms with E-state index in [9.17, 15) is 14.0 Å². The first-order chi connectivity index (χ1) is 10.0. The Labute approximate surface area is 117 Å². The molecule has 106 valence electrons. The highest BCUT2D eigenvalue weighted by atomic mass is 19.1. The Hall–Kier alpha value is -3.09. The number of hydrogen-bond acceptors (Lipinski definition) is 3. The number of aromatic nitrogens is 2. The predicted molar refractivity (Wildman–Crippen MR) is 77.7 cm³/mol. The van der Waals surface area contributed by atoms with Crippen LogP contribution in [0.1, 0.15) is 10.4 Å². The Balaban J connectivity index is 1.92. The summed E-state index contributed by atoms with van der Waals surface area (Å²) in [6.07, 6.45) is 0. The van der Waals surface area contributed by atoms with E-state index in [4.69, 9.17) is 5.73 Å². The molecule has 1 amide bonds. The average Bonchev–Trinajstić information content (AvgIpc) is 2.80. The molecule has 0 aliphatic heterocycles. The third-order valence-corrected chi connectivity index (χ3v) is 3.03. The van der Waals surface area contributed by atoms with Crippen LogP contribution >= 0.6 is 0 Å². The molecule has 0 radical (unpaired) electrons. The van der Waals surface area contributed by atoms with E-state index in [-0.39, 0.29) is 16.9 Å². The van der Waals surface area contributed by atoms with Crippen LogP contribution in [0.3, 0.4) is 0 Å². The van der Waals surface area contributed by atoms with Crippen LogP contribution in [0.25, 0.3) is 11.0 Å². The average molecular weight is 286 g/mol. The molecule has 6 nitrogen and oxygen atoms in total.